The van der Waals surface area contributed by atoms with Crippen LogP contribution in [0.4, 0.5) is 5.00 Å². The minimum atomic E-state index is -3.14. The Labute approximate surface area is 93.2 Å². The molecule has 2 heterocycles. The number of hydrogen-bond donors (Lipinski definition) is 0. The Morgan fingerprint density at radius 2 is 2.36 bits per heavy atom. The van der Waals surface area contributed by atoms with Gasteiger partial charge in [0.25, 0.3) is 0 Å². The molecule has 0 radical (unpaired) electrons. The maximum atomic E-state index is 7.86. The van der Waals surface area contributed by atoms with E-state index in [1.165, 1.54) is 0 Å². The lowest BCUT2D eigenvalue weighted by molar-refractivity contribution is 0.949. The molecule has 0 amide bonds. The summed E-state index contributed by atoms with van der Waals surface area (Å²) in [6.07, 6.45) is -6.29. The van der Waals surface area contributed by atoms with Crippen LogP contribution in [0.2, 0.25) is 0 Å². The van der Waals surface area contributed by atoms with Crippen LogP contribution in [0.15, 0.2) is 15.9 Å². The van der Waals surface area contributed by atoms with E-state index in [4.69, 9.17) is 13.7 Å². The smallest absolute Gasteiger partial charge is 0.0920 e. The lowest BCUT2D eigenvalue weighted by Crippen LogP contribution is -2.15. The fourth-order valence-corrected chi connectivity index (χ4v) is 1.77. The SMILES string of the molecule is [2H]c1sc(N2C([2H])([2H])C([2H])([2H])C([2H])([2H])C2([2H])[2H])c([2H])c1Br. The Kier molecular flexibility index (Phi) is 0.649. The van der Waals surface area contributed by atoms with E-state index in [1.54, 1.807) is 0 Å². The molecule has 3 heteroatoms. The van der Waals surface area contributed by atoms with Crippen LogP contribution in [-0.2, 0) is 0 Å². The van der Waals surface area contributed by atoms with Crippen molar-refractivity contribution in [2.24, 2.45) is 0 Å². The molecular weight excluding hydrogens is 222 g/mol. The van der Waals surface area contributed by atoms with Gasteiger partial charge in [0.15, 0.2) is 0 Å². The van der Waals surface area contributed by atoms with Gasteiger partial charge in [0.05, 0.1) is 7.74 Å². The third-order valence-corrected chi connectivity index (χ3v) is 2.50. The van der Waals surface area contributed by atoms with Gasteiger partial charge in [0, 0.05) is 33.8 Å². The molecular formula is C8H10BrNS. The zero-order chi connectivity index (χ0) is 16.6. The van der Waals surface area contributed by atoms with Crippen molar-refractivity contribution >= 4 is 32.3 Å². The van der Waals surface area contributed by atoms with Crippen LogP contribution in [0, 0.1) is 0 Å². The van der Waals surface area contributed by atoms with Crippen molar-refractivity contribution in [1.82, 2.24) is 0 Å². The molecule has 0 spiro atoms. The second kappa shape index (κ2) is 3.15. The summed E-state index contributed by atoms with van der Waals surface area (Å²) in [6.45, 7) is -6.04. The Hall–Kier alpha value is -0.0200. The monoisotopic (exact) mass is 241 g/mol. The van der Waals surface area contributed by atoms with Crippen molar-refractivity contribution in [2.75, 3.05) is 17.9 Å². The molecule has 0 N–H and O–H groups in total. The molecule has 1 saturated heterocycles. The van der Waals surface area contributed by atoms with Gasteiger partial charge in [0.2, 0.25) is 0 Å². The topological polar surface area (TPSA) is 3.24 Å². The van der Waals surface area contributed by atoms with Crippen LogP contribution in [0.5, 0.6) is 0 Å². The van der Waals surface area contributed by atoms with Crippen molar-refractivity contribution in [3.63, 3.8) is 0 Å². The first kappa shape index (κ1) is 2.26. The molecule has 1 aromatic rings. The summed E-state index contributed by atoms with van der Waals surface area (Å²) >= 11 is 3.54. The van der Waals surface area contributed by atoms with Gasteiger partial charge in [0.1, 0.15) is 0 Å². The molecule has 1 nitrogen and oxygen atoms in total. The number of thiophene rings is 1. The second-order valence-electron chi connectivity index (χ2n) is 1.76. The van der Waals surface area contributed by atoms with E-state index in [0.29, 0.717) is 16.2 Å². The molecule has 0 unspecified atom stereocenters. The third-order valence-electron chi connectivity index (χ3n) is 1.05. The maximum absolute atomic E-state index is 7.86. The van der Waals surface area contributed by atoms with E-state index in [1.807, 2.05) is 0 Å². The quantitative estimate of drug-likeness (QED) is 0.731. The molecule has 0 saturated carbocycles. The lowest BCUT2D eigenvalue weighted by atomic mass is 10.4. The highest BCUT2D eigenvalue weighted by Gasteiger charge is 2.13. The van der Waals surface area contributed by atoms with Gasteiger partial charge in [-0.1, -0.05) is 0 Å². The van der Waals surface area contributed by atoms with Crippen LogP contribution in [-0.4, -0.2) is 13.0 Å². The molecule has 60 valence electrons. The molecule has 0 atom stereocenters. The van der Waals surface area contributed by atoms with Crippen molar-refractivity contribution in [2.45, 2.75) is 12.7 Å². The molecule has 1 aliphatic rings. The van der Waals surface area contributed by atoms with Crippen LogP contribution in [0.25, 0.3) is 0 Å². The van der Waals surface area contributed by atoms with Crippen molar-refractivity contribution < 1.29 is 13.7 Å². The minimum absolute atomic E-state index is 0.0297. The zero-order valence-corrected chi connectivity index (χ0v) is 7.64. The predicted molar refractivity (Wildman–Crippen MR) is 53.5 cm³/mol. The zero-order valence-electron chi connectivity index (χ0n) is 15.2. The van der Waals surface area contributed by atoms with Crippen molar-refractivity contribution in [3.05, 3.63) is 15.9 Å². The van der Waals surface area contributed by atoms with Crippen molar-refractivity contribution in [1.29, 1.82) is 0 Å². The summed E-state index contributed by atoms with van der Waals surface area (Å²) in [6, 6.07) is -0.369. The highest BCUT2D eigenvalue weighted by atomic mass is 79.9. The molecule has 0 aromatic carbocycles. The Bertz CT molecular complexity index is 570. The van der Waals surface area contributed by atoms with E-state index >= 15 is 0 Å². The highest BCUT2D eigenvalue weighted by molar-refractivity contribution is 9.10. The highest BCUT2D eigenvalue weighted by Crippen LogP contribution is 2.30. The number of nitrogens with zero attached hydrogens (tertiary/aromatic N) is 1. The summed E-state index contributed by atoms with van der Waals surface area (Å²) in [5, 5.41) is -0.471. The molecule has 11 heavy (non-hydrogen) atoms. The van der Waals surface area contributed by atoms with Crippen LogP contribution >= 0.6 is 27.3 Å². The van der Waals surface area contributed by atoms with Crippen molar-refractivity contribution in [3.8, 4) is 0 Å². The summed E-state index contributed by atoms with van der Waals surface area (Å²) in [4.78, 5) is 0.301. The molecule has 0 bridgehead atoms. The fraction of sp³-hybridized carbons (Fsp3) is 0.500. The van der Waals surface area contributed by atoms with Gasteiger partial charge < -0.3 is 4.90 Å². The van der Waals surface area contributed by atoms with Gasteiger partial charge in [-0.3, -0.25) is 0 Å². The van der Waals surface area contributed by atoms with E-state index in [-0.39, 0.29) is 20.9 Å². The number of rotatable bonds is 1. The third kappa shape index (κ3) is 1.59. The van der Waals surface area contributed by atoms with Crippen LogP contribution in [0.1, 0.15) is 26.5 Å². The molecule has 0 aliphatic carbocycles. The standard InChI is InChI=1S/C8H10BrNS/c9-7-5-8(11-6-7)10-3-1-2-4-10/h5-6H,1-4H2/i1D2,2D2,3D2,4D2,5D,6D. The van der Waals surface area contributed by atoms with Crippen LogP contribution in [0.3, 0.4) is 0 Å². The van der Waals surface area contributed by atoms with E-state index in [0.717, 1.165) is 0 Å². The Morgan fingerprint density at radius 1 is 1.64 bits per heavy atom. The maximum Gasteiger partial charge on any atom is 0.0920 e. The Morgan fingerprint density at radius 3 is 2.91 bits per heavy atom. The number of hydrogen-bond acceptors (Lipinski definition) is 2. The minimum Gasteiger partial charge on any atom is -0.363 e. The molecule has 2 rings (SSSR count). The largest absolute Gasteiger partial charge is 0.363 e. The van der Waals surface area contributed by atoms with Gasteiger partial charge in [-0.25, -0.2) is 0 Å². The second-order valence-corrected chi connectivity index (χ2v) is 3.35. The number of halogens is 1. The number of anilines is 1. The first-order valence-corrected chi connectivity index (χ1v) is 4.38. The van der Waals surface area contributed by atoms with Gasteiger partial charge >= 0.3 is 0 Å². The molecule has 1 aromatic heterocycles. The predicted octanol–water partition coefficient (Wildman–Crippen LogP) is 3.11. The van der Waals surface area contributed by atoms with Gasteiger partial charge in [-0.05, 0) is 34.7 Å². The summed E-state index contributed by atoms with van der Waals surface area (Å²) in [5.41, 5.74) is 0. The fourth-order valence-electron chi connectivity index (χ4n) is 0.637. The molecule has 1 fully saturated rings. The summed E-state index contributed by atoms with van der Waals surface area (Å²) < 4.78 is 77.6. The average molecular weight is 242 g/mol. The first-order valence-electron chi connectivity index (χ1n) is 7.77. The van der Waals surface area contributed by atoms with Gasteiger partial charge in [-0.15, -0.1) is 11.3 Å². The summed E-state index contributed by atoms with van der Waals surface area (Å²) in [5.74, 6) is 0. The first-order chi connectivity index (χ1) is 9.21. The van der Waals surface area contributed by atoms with E-state index < -0.39 is 25.7 Å². The normalized spacial score (nSPS) is 49.4. The lowest BCUT2D eigenvalue weighted by Gasteiger charge is -2.13. The van der Waals surface area contributed by atoms with E-state index in [2.05, 4.69) is 15.9 Å². The Balaban J connectivity index is 2.76. The van der Waals surface area contributed by atoms with E-state index in [9.17, 15) is 0 Å². The average Bonchev–Trinajstić information content (AvgIpc) is 2.58. The van der Waals surface area contributed by atoms with Crippen LogP contribution < -0.4 is 4.90 Å². The van der Waals surface area contributed by atoms with Gasteiger partial charge in [-0.2, -0.15) is 0 Å². The summed E-state index contributed by atoms with van der Waals surface area (Å²) in [7, 11) is 0. The molecule has 1 aliphatic heterocycles.